The third-order valence-electron chi connectivity index (χ3n) is 5.88. The third kappa shape index (κ3) is 3.17. The molecule has 4 aromatic rings. The number of hydrogen-bond acceptors (Lipinski definition) is 8. The fourth-order valence-electron chi connectivity index (χ4n) is 4.39. The number of anilines is 2. The van der Waals surface area contributed by atoms with E-state index >= 15 is 0 Å². The molecule has 8 nitrogen and oxygen atoms in total. The van der Waals surface area contributed by atoms with Crippen molar-refractivity contribution in [2.75, 3.05) is 36.8 Å². The molecule has 9 heteroatoms. The van der Waals surface area contributed by atoms with Crippen molar-refractivity contribution < 1.29 is 0 Å². The van der Waals surface area contributed by atoms with Crippen LogP contribution in [-0.4, -0.2) is 50.9 Å². The summed E-state index contributed by atoms with van der Waals surface area (Å²) in [5.74, 6) is 1.00. The molecule has 0 atom stereocenters. The second-order valence-corrected chi connectivity index (χ2v) is 8.80. The van der Waals surface area contributed by atoms with Gasteiger partial charge in [0, 0.05) is 49.7 Å². The summed E-state index contributed by atoms with van der Waals surface area (Å²) in [5.41, 5.74) is 12.3. The number of fused-ring (bicyclic) bond motifs is 3. The first-order valence-electron chi connectivity index (χ1n) is 10.5. The molecule has 31 heavy (non-hydrogen) atoms. The molecule has 1 aliphatic heterocycles. The summed E-state index contributed by atoms with van der Waals surface area (Å²) in [6.07, 6.45) is 7.32. The number of aryl methyl sites for hydroxylation is 1. The Kier molecular flexibility index (Phi) is 4.43. The molecule has 1 fully saturated rings. The van der Waals surface area contributed by atoms with Crippen molar-refractivity contribution in [3.63, 3.8) is 0 Å². The van der Waals surface area contributed by atoms with E-state index in [1.807, 2.05) is 23.1 Å². The van der Waals surface area contributed by atoms with Gasteiger partial charge in [-0.2, -0.15) is 5.10 Å². The average molecular weight is 431 g/mol. The Bertz CT molecular complexity index is 1220. The Balaban J connectivity index is 1.48. The molecular weight excluding hydrogens is 408 g/mol. The van der Waals surface area contributed by atoms with E-state index in [2.05, 4.69) is 38.4 Å². The van der Waals surface area contributed by atoms with E-state index in [1.54, 1.807) is 6.20 Å². The van der Waals surface area contributed by atoms with Crippen molar-refractivity contribution >= 4 is 22.3 Å². The fraction of sp³-hybridized carbons (Fsp3) is 0.273. The van der Waals surface area contributed by atoms with E-state index in [0.717, 1.165) is 78.0 Å². The monoisotopic (exact) mass is 430 g/mol. The first-order valence-corrected chi connectivity index (χ1v) is 11.3. The van der Waals surface area contributed by atoms with Crippen LogP contribution in [0.5, 0.6) is 0 Å². The number of nitrogens with one attached hydrogen (secondary N) is 1. The third-order valence-corrected chi connectivity index (χ3v) is 6.81. The van der Waals surface area contributed by atoms with E-state index in [9.17, 15) is 0 Å². The number of piperazine rings is 1. The lowest BCUT2D eigenvalue weighted by Crippen LogP contribution is -2.43. The molecule has 1 saturated heterocycles. The summed E-state index contributed by atoms with van der Waals surface area (Å²) in [4.78, 5) is 17.0. The highest BCUT2D eigenvalue weighted by molar-refractivity contribution is 7.18. The van der Waals surface area contributed by atoms with Gasteiger partial charge in [0.2, 0.25) is 0 Å². The van der Waals surface area contributed by atoms with E-state index in [4.69, 9.17) is 15.8 Å². The van der Waals surface area contributed by atoms with Gasteiger partial charge >= 0.3 is 0 Å². The molecule has 5 heterocycles. The normalized spacial score (nSPS) is 15.5. The minimum atomic E-state index is 0.598. The maximum Gasteiger partial charge on any atom is 0.180 e. The quantitative estimate of drug-likeness (QED) is 0.515. The molecular formula is C22H22N8S. The highest BCUT2D eigenvalue weighted by atomic mass is 32.1. The highest BCUT2D eigenvalue weighted by Crippen LogP contribution is 2.43. The average Bonchev–Trinajstić information content (AvgIpc) is 3.40. The van der Waals surface area contributed by atoms with E-state index in [0.29, 0.717) is 5.13 Å². The lowest BCUT2D eigenvalue weighted by molar-refractivity contribution is 0.585. The summed E-state index contributed by atoms with van der Waals surface area (Å²) in [6.45, 7) is 3.91. The van der Waals surface area contributed by atoms with Gasteiger partial charge in [0.05, 0.1) is 33.8 Å². The molecule has 0 radical (unpaired) electrons. The van der Waals surface area contributed by atoms with Crippen LogP contribution >= 0.6 is 11.3 Å². The Morgan fingerprint density at radius 2 is 1.97 bits per heavy atom. The zero-order chi connectivity index (χ0) is 20.8. The SMILES string of the molecule is Nc1nc2c(s1)-c1c(c(-c3cccnc3)nn1-c1ccc(N3CCNCC3)nc1)CC2. The van der Waals surface area contributed by atoms with Gasteiger partial charge in [-0.05, 0) is 37.1 Å². The standard InChI is InChI=1S/C22H22N8S/c23-22-27-17-5-4-16-19(14-2-1-7-25-12-14)28-30(20(16)21(17)31-22)15-3-6-18(26-13-15)29-10-8-24-9-11-29/h1-3,6-7,12-13,24H,4-5,8-11H2,(H2,23,27). The van der Waals surface area contributed by atoms with Crippen molar-refractivity contribution in [3.05, 3.63) is 54.1 Å². The van der Waals surface area contributed by atoms with Gasteiger partial charge in [0.15, 0.2) is 5.13 Å². The van der Waals surface area contributed by atoms with E-state index < -0.39 is 0 Å². The summed E-state index contributed by atoms with van der Waals surface area (Å²) in [6, 6.07) is 8.19. The predicted octanol–water partition coefficient (Wildman–Crippen LogP) is 2.54. The Hall–Kier alpha value is -3.30. The Morgan fingerprint density at radius 3 is 2.74 bits per heavy atom. The number of pyridine rings is 2. The number of nitrogens with zero attached hydrogens (tertiary/aromatic N) is 6. The molecule has 1 aliphatic carbocycles. The molecule has 0 aromatic carbocycles. The van der Waals surface area contributed by atoms with Crippen LogP contribution < -0.4 is 16.0 Å². The van der Waals surface area contributed by atoms with Crippen molar-refractivity contribution in [3.8, 4) is 27.5 Å². The molecule has 2 aliphatic rings. The Morgan fingerprint density at radius 1 is 1.06 bits per heavy atom. The second kappa shape index (κ2) is 7.44. The first kappa shape index (κ1) is 18.5. The minimum Gasteiger partial charge on any atom is -0.375 e. The second-order valence-electron chi connectivity index (χ2n) is 7.77. The van der Waals surface area contributed by atoms with Crippen LogP contribution in [0.1, 0.15) is 11.3 Å². The zero-order valence-corrected chi connectivity index (χ0v) is 17.8. The number of rotatable bonds is 3. The smallest absolute Gasteiger partial charge is 0.180 e. The predicted molar refractivity (Wildman–Crippen MR) is 123 cm³/mol. The summed E-state index contributed by atoms with van der Waals surface area (Å²) in [5, 5.41) is 9.01. The number of thiazole rings is 1. The van der Waals surface area contributed by atoms with Crippen molar-refractivity contribution in [1.29, 1.82) is 0 Å². The van der Waals surface area contributed by atoms with Gasteiger partial charge in [-0.3, -0.25) is 4.98 Å². The van der Waals surface area contributed by atoms with E-state index in [-0.39, 0.29) is 0 Å². The topological polar surface area (TPSA) is 97.8 Å². The number of hydrogen-bond donors (Lipinski definition) is 2. The van der Waals surface area contributed by atoms with Crippen LogP contribution in [0.15, 0.2) is 42.9 Å². The Labute approximate surface area is 183 Å². The summed E-state index contributed by atoms with van der Waals surface area (Å²) < 4.78 is 2.00. The summed E-state index contributed by atoms with van der Waals surface area (Å²) in [7, 11) is 0. The van der Waals surface area contributed by atoms with Crippen molar-refractivity contribution in [2.24, 2.45) is 0 Å². The van der Waals surface area contributed by atoms with Crippen LogP contribution in [-0.2, 0) is 12.8 Å². The van der Waals surface area contributed by atoms with E-state index in [1.165, 1.54) is 16.9 Å². The number of nitrogen functional groups attached to an aromatic ring is 1. The first-order chi connectivity index (χ1) is 15.3. The molecule has 156 valence electrons. The number of nitrogens with two attached hydrogens (primary N) is 1. The lowest BCUT2D eigenvalue weighted by Gasteiger charge is -2.28. The molecule has 0 spiro atoms. The van der Waals surface area contributed by atoms with Crippen LogP contribution in [0.3, 0.4) is 0 Å². The maximum absolute atomic E-state index is 6.07. The van der Waals surface area contributed by atoms with Crippen LogP contribution in [0.25, 0.3) is 27.5 Å². The van der Waals surface area contributed by atoms with Gasteiger partial charge in [0.25, 0.3) is 0 Å². The van der Waals surface area contributed by atoms with Crippen molar-refractivity contribution in [2.45, 2.75) is 12.8 Å². The van der Waals surface area contributed by atoms with Gasteiger partial charge < -0.3 is 16.0 Å². The lowest BCUT2D eigenvalue weighted by atomic mass is 9.95. The largest absolute Gasteiger partial charge is 0.375 e. The fourth-order valence-corrected chi connectivity index (χ4v) is 5.33. The van der Waals surface area contributed by atoms with Crippen LogP contribution in [0.4, 0.5) is 10.9 Å². The van der Waals surface area contributed by atoms with Crippen molar-refractivity contribution in [1.82, 2.24) is 30.0 Å². The molecule has 0 amide bonds. The van der Waals surface area contributed by atoms with Crippen LogP contribution in [0.2, 0.25) is 0 Å². The molecule has 0 bridgehead atoms. The van der Waals surface area contributed by atoms with Gasteiger partial charge in [-0.15, -0.1) is 0 Å². The molecule has 6 rings (SSSR count). The maximum atomic E-state index is 6.07. The van der Waals surface area contributed by atoms with Gasteiger partial charge in [-0.1, -0.05) is 11.3 Å². The molecule has 0 saturated carbocycles. The zero-order valence-electron chi connectivity index (χ0n) is 17.0. The van der Waals surface area contributed by atoms with Gasteiger partial charge in [-0.25, -0.2) is 14.6 Å². The van der Waals surface area contributed by atoms with Gasteiger partial charge in [0.1, 0.15) is 5.82 Å². The highest BCUT2D eigenvalue weighted by Gasteiger charge is 2.29. The summed E-state index contributed by atoms with van der Waals surface area (Å²) >= 11 is 1.53. The molecule has 4 aromatic heterocycles. The van der Waals surface area contributed by atoms with Crippen LogP contribution in [0, 0.1) is 0 Å². The molecule has 0 unspecified atom stereocenters. The minimum absolute atomic E-state index is 0.598. The number of aromatic nitrogens is 5. The molecule has 3 N–H and O–H groups in total.